The smallest absolute Gasteiger partial charge is 0.339 e. The SMILES string of the molecule is COCc1nc(-c2ccc(OC)c(C(=O)O)c2)nn1C. The van der Waals surface area contributed by atoms with Crippen LogP contribution in [0.4, 0.5) is 0 Å². The number of carbonyl (C=O) groups is 1. The minimum atomic E-state index is -1.06. The van der Waals surface area contributed by atoms with Gasteiger partial charge in [-0.2, -0.15) is 5.10 Å². The first-order chi connectivity index (χ1) is 9.56. The normalized spacial score (nSPS) is 10.6. The number of methoxy groups -OCH3 is 2. The van der Waals surface area contributed by atoms with Gasteiger partial charge in [-0.05, 0) is 18.2 Å². The molecular formula is C13H15N3O4. The average Bonchev–Trinajstić information content (AvgIpc) is 2.80. The molecule has 0 aliphatic carbocycles. The summed E-state index contributed by atoms with van der Waals surface area (Å²) in [5.74, 6) is 0.353. The molecule has 0 atom stereocenters. The summed E-state index contributed by atoms with van der Waals surface area (Å²) in [4.78, 5) is 15.5. The van der Waals surface area contributed by atoms with Crippen LogP contribution in [0.3, 0.4) is 0 Å². The summed E-state index contributed by atoms with van der Waals surface area (Å²) < 4.78 is 11.6. The molecule has 0 spiro atoms. The third-order valence-electron chi connectivity index (χ3n) is 2.81. The number of carboxylic acids is 1. The Morgan fingerprint density at radius 2 is 2.15 bits per heavy atom. The number of hydrogen-bond acceptors (Lipinski definition) is 5. The van der Waals surface area contributed by atoms with E-state index in [2.05, 4.69) is 10.1 Å². The van der Waals surface area contributed by atoms with Gasteiger partial charge in [-0.25, -0.2) is 9.78 Å². The quantitative estimate of drug-likeness (QED) is 0.887. The van der Waals surface area contributed by atoms with Crippen molar-refractivity contribution in [3.63, 3.8) is 0 Å². The molecule has 0 fully saturated rings. The summed E-state index contributed by atoms with van der Waals surface area (Å²) in [5.41, 5.74) is 0.687. The predicted molar refractivity (Wildman–Crippen MR) is 70.7 cm³/mol. The van der Waals surface area contributed by atoms with Crippen LogP contribution in [0.2, 0.25) is 0 Å². The van der Waals surface area contributed by atoms with E-state index in [1.807, 2.05) is 0 Å². The Morgan fingerprint density at radius 1 is 1.40 bits per heavy atom. The average molecular weight is 277 g/mol. The monoisotopic (exact) mass is 277 g/mol. The van der Waals surface area contributed by atoms with Crippen LogP contribution in [0.25, 0.3) is 11.4 Å². The van der Waals surface area contributed by atoms with Gasteiger partial charge in [0.1, 0.15) is 17.9 Å². The molecule has 0 bridgehead atoms. The van der Waals surface area contributed by atoms with Crippen molar-refractivity contribution < 1.29 is 19.4 Å². The van der Waals surface area contributed by atoms with Crippen molar-refractivity contribution in [1.29, 1.82) is 0 Å². The van der Waals surface area contributed by atoms with Crippen molar-refractivity contribution in [2.75, 3.05) is 14.2 Å². The molecule has 1 N–H and O–H groups in total. The molecule has 7 heteroatoms. The minimum absolute atomic E-state index is 0.0748. The lowest BCUT2D eigenvalue weighted by Crippen LogP contribution is -2.01. The van der Waals surface area contributed by atoms with Crippen LogP contribution >= 0.6 is 0 Å². The maximum Gasteiger partial charge on any atom is 0.339 e. The molecule has 1 aromatic heterocycles. The first kappa shape index (κ1) is 14.0. The predicted octanol–water partition coefficient (Wildman–Crippen LogP) is 1.34. The van der Waals surface area contributed by atoms with Gasteiger partial charge in [-0.1, -0.05) is 0 Å². The molecule has 7 nitrogen and oxygen atoms in total. The molecular weight excluding hydrogens is 262 g/mol. The molecule has 0 aliphatic rings. The number of carboxylic acid groups (broad SMARTS) is 1. The molecule has 0 saturated heterocycles. The van der Waals surface area contributed by atoms with Crippen LogP contribution in [0.15, 0.2) is 18.2 Å². The van der Waals surface area contributed by atoms with Gasteiger partial charge < -0.3 is 14.6 Å². The van der Waals surface area contributed by atoms with Gasteiger partial charge in [0.15, 0.2) is 11.6 Å². The highest BCUT2D eigenvalue weighted by Crippen LogP contribution is 2.25. The molecule has 0 amide bonds. The summed E-state index contributed by atoms with van der Waals surface area (Å²) >= 11 is 0. The Morgan fingerprint density at radius 3 is 2.75 bits per heavy atom. The highest BCUT2D eigenvalue weighted by atomic mass is 16.5. The standard InChI is InChI=1S/C13H15N3O4/c1-16-11(7-19-2)14-12(15-16)8-4-5-10(20-3)9(6-8)13(17)18/h4-6H,7H2,1-3H3,(H,17,18). The van der Waals surface area contributed by atoms with E-state index in [0.29, 0.717) is 29.6 Å². The molecule has 0 unspecified atom stereocenters. The highest BCUT2D eigenvalue weighted by molar-refractivity contribution is 5.92. The van der Waals surface area contributed by atoms with Crippen LogP contribution in [-0.4, -0.2) is 40.1 Å². The van der Waals surface area contributed by atoms with Crippen molar-refractivity contribution in [1.82, 2.24) is 14.8 Å². The van der Waals surface area contributed by atoms with Crippen molar-refractivity contribution in [3.05, 3.63) is 29.6 Å². The molecule has 0 radical (unpaired) electrons. The van der Waals surface area contributed by atoms with Gasteiger partial charge in [-0.15, -0.1) is 0 Å². The first-order valence-electron chi connectivity index (χ1n) is 5.87. The summed E-state index contributed by atoms with van der Waals surface area (Å²) in [6.07, 6.45) is 0. The first-order valence-corrected chi connectivity index (χ1v) is 5.87. The molecule has 1 heterocycles. The largest absolute Gasteiger partial charge is 0.496 e. The van der Waals surface area contributed by atoms with Gasteiger partial charge in [0, 0.05) is 19.7 Å². The number of rotatable bonds is 5. The van der Waals surface area contributed by atoms with Crippen LogP contribution in [0.5, 0.6) is 5.75 Å². The zero-order chi connectivity index (χ0) is 14.7. The number of aromatic nitrogens is 3. The van der Waals surface area contributed by atoms with E-state index in [4.69, 9.17) is 14.6 Å². The Labute approximate surface area is 115 Å². The van der Waals surface area contributed by atoms with E-state index in [0.717, 1.165) is 0 Å². The number of aryl methyl sites for hydroxylation is 1. The van der Waals surface area contributed by atoms with Crippen LogP contribution < -0.4 is 4.74 Å². The zero-order valence-electron chi connectivity index (χ0n) is 11.5. The number of benzene rings is 1. The van der Waals surface area contributed by atoms with E-state index < -0.39 is 5.97 Å². The van der Waals surface area contributed by atoms with Crippen molar-refractivity contribution in [2.45, 2.75) is 6.61 Å². The Balaban J connectivity index is 2.45. The fourth-order valence-corrected chi connectivity index (χ4v) is 1.81. The Kier molecular flexibility index (Phi) is 3.99. The number of hydrogen-bond donors (Lipinski definition) is 1. The molecule has 1 aromatic carbocycles. The minimum Gasteiger partial charge on any atom is -0.496 e. The van der Waals surface area contributed by atoms with Crippen molar-refractivity contribution in [2.24, 2.45) is 7.05 Å². The second-order valence-corrected chi connectivity index (χ2v) is 4.13. The third-order valence-corrected chi connectivity index (χ3v) is 2.81. The zero-order valence-corrected chi connectivity index (χ0v) is 11.5. The fraction of sp³-hybridized carbons (Fsp3) is 0.308. The van der Waals surface area contributed by atoms with E-state index in [1.54, 1.807) is 31.0 Å². The molecule has 2 rings (SSSR count). The molecule has 0 aliphatic heterocycles. The number of ether oxygens (including phenoxy) is 2. The van der Waals surface area contributed by atoms with E-state index in [9.17, 15) is 4.79 Å². The number of aromatic carboxylic acids is 1. The fourth-order valence-electron chi connectivity index (χ4n) is 1.81. The summed E-state index contributed by atoms with van der Waals surface area (Å²) in [6, 6.07) is 4.80. The van der Waals surface area contributed by atoms with Gasteiger partial charge in [0.25, 0.3) is 0 Å². The summed E-state index contributed by atoms with van der Waals surface area (Å²) in [5, 5.41) is 13.4. The van der Waals surface area contributed by atoms with Gasteiger partial charge >= 0.3 is 5.97 Å². The Bertz CT molecular complexity index is 637. The lowest BCUT2D eigenvalue weighted by atomic mass is 10.1. The topological polar surface area (TPSA) is 86.5 Å². The molecule has 2 aromatic rings. The maximum atomic E-state index is 11.2. The van der Waals surface area contributed by atoms with Gasteiger partial charge in [-0.3, -0.25) is 4.68 Å². The molecule has 106 valence electrons. The van der Waals surface area contributed by atoms with Crippen molar-refractivity contribution in [3.8, 4) is 17.1 Å². The van der Waals surface area contributed by atoms with Crippen molar-refractivity contribution >= 4 is 5.97 Å². The van der Waals surface area contributed by atoms with E-state index in [-0.39, 0.29) is 5.56 Å². The summed E-state index contributed by atoms with van der Waals surface area (Å²) in [6.45, 7) is 0.339. The van der Waals surface area contributed by atoms with Crippen LogP contribution in [0.1, 0.15) is 16.2 Å². The molecule has 0 saturated carbocycles. The third kappa shape index (κ3) is 2.62. The second kappa shape index (κ2) is 5.70. The van der Waals surface area contributed by atoms with E-state index in [1.165, 1.54) is 13.2 Å². The van der Waals surface area contributed by atoms with Gasteiger partial charge in [0.05, 0.1) is 7.11 Å². The number of nitrogens with zero attached hydrogens (tertiary/aromatic N) is 3. The Hall–Kier alpha value is -2.41. The highest BCUT2D eigenvalue weighted by Gasteiger charge is 2.15. The lowest BCUT2D eigenvalue weighted by Gasteiger charge is -2.05. The summed E-state index contributed by atoms with van der Waals surface area (Å²) in [7, 11) is 4.76. The second-order valence-electron chi connectivity index (χ2n) is 4.13. The maximum absolute atomic E-state index is 11.2. The van der Waals surface area contributed by atoms with Crippen LogP contribution in [0, 0.1) is 0 Å². The van der Waals surface area contributed by atoms with Crippen LogP contribution in [-0.2, 0) is 18.4 Å². The van der Waals surface area contributed by atoms with Gasteiger partial charge in [0.2, 0.25) is 0 Å². The lowest BCUT2D eigenvalue weighted by molar-refractivity contribution is 0.0693. The van der Waals surface area contributed by atoms with E-state index >= 15 is 0 Å². The molecule has 20 heavy (non-hydrogen) atoms.